The molecule has 2 rings (SSSR count). The van der Waals surface area contributed by atoms with Gasteiger partial charge in [-0.3, -0.25) is 4.98 Å². The maximum absolute atomic E-state index is 13.7. The summed E-state index contributed by atoms with van der Waals surface area (Å²) in [6.45, 7) is 0. The van der Waals surface area contributed by atoms with E-state index in [0.717, 1.165) is 13.4 Å². The van der Waals surface area contributed by atoms with Gasteiger partial charge in [0.15, 0.2) is 0 Å². The van der Waals surface area contributed by atoms with Crippen LogP contribution in [0.2, 0.25) is 0 Å². The molecule has 0 amide bonds. The van der Waals surface area contributed by atoms with Crippen LogP contribution >= 0.6 is 47.8 Å². The highest BCUT2D eigenvalue weighted by Gasteiger charge is 2.15. The average Bonchev–Trinajstić information content (AvgIpc) is 2.33. The summed E-state index contributed by atoms with van der Waals surface area (Å²) in [5.74, 6) is -0.258. The highest BCUT2D eigenvalue weighted by atomic mass is 79.9. The Labute approximate surface area is 136 Å². The molecule has 1 aromatic heterocycles. The van der Waals surface area contributed by atoms with Crippen molar-refractivity contribution in [2.75, 3.05) is 0 Å². The lowest BCUT2D eigenvalue weighted by molar-refractivity contribution is 0.588. The Balaban J connectivity index is 2.25. The van der Waals surface area contributed by atoms with Crippen LogP contribution in [0, 0.1) is 5.82 Å². The Morgan fingerprint density at radius 1 is 1.16 bits per heavy atom. The summed E-state index contributed by atoms with van der Waals surface area (Å²) in [6, 6.07) is 6.33. The molecule has 2 aromatic rings. The maximum atomic E-state index is 13.7. The molecule has 2 N–H and O–H groups in total. The molecule has 0 radical (unpaired) electrons. The second-order valence-electron chi connectivity index (χ2n) is 4.07. The molecule has 1 unspecified atom stereocenters. The van der Waals surface area contributed by atoms with Gasteiger partial charge in [-0.15, -0.1) is 0 Å². The Morgan fingerprint density at radius 3 is 2.58 bits per heavy atom. The van der Waals surface area contributed by atoms with Crippen LogP contribution in [0.25, 0.3) is 0 Å². The first-order chi connectivity index (χ1) is 8.97. The summed E-state index contributed by atoms with van der Waals surface area (Å²) in [7, 11) is 0. The van der Waals surface area contributed by atoms with Gasteiger partial charge in [0.05, 0.1) is 11.7 Å². The number of hydrogen-bond donors (Lipinski definition) is 1. The number of nitrogens with two attached hydrogens (primary N) is 1. The molecule has 0 saturated heterocycles. The molecule has 0 fully saturated rings. The Hall–Kier alpha value is -0.300. The molecular formula is C13H10Br3FN2. The van der Waals surface area contributed by atoms with Crippen molar-refractivity contribution in [3.63, 3.8) is 0 Å². The standard InChI is InChI=1S/C13H10Br3FN2/c14-8-1-2-11(17)7(3-8)4-12(18)13-10(16)5-9(15)6-19-13/h1-3,5-6,12H,4,18H2. The quantitative estimate of drug-likeness (QED) is 0.729. The highest BCUT2D eigenvalue weighted by molar-refractivity contribution is 9.11. The zero-order valence-electron chi connectivity index (χ0n) is 9.71. The molecule has 100 valence electrons. The topological polar surface area (TPSA) is 38.9 Å². The maximum Gasteiger partial charge on any atom is 0.126 e. The van der Waals surface area contributed by atoms with Crippen LogP contribution < -0.4 is 5.73 Å². The Bertz CT molecular complexity index is 604. The first kappa shape index (κ1) is 15.1. The van der Waals surface area contributed by atoms with Gasteiger partial charge in [0, 0.05) is 19.6 Å². The second-order valence-corrected chi connectivity index (χ2v) is 6.75. The van der Waals surface area contributed by atoms with E-state index in [4.69, 9.17) is 5.73 Å². The summed E-state index contributed by atoms with van der Waals surface area (Å²) in [5.41, 5.74) is 7.39. The minimum atomic E-state index is -0.369. The first-order valence-corrected chi connectivity index (χ1v) is 7.85. The van der Waals surface area contributed by atoms with Crippen molar-refractivity contribution in [2.24, 2.45) is 5.73 Å². The largest absolute Gasteiger partial charge is 0.322 e. The molecule has 6 heteroatoms. The predicted octanol–water partition coefficient (Wildman–Crippen LogP) is 4.75. The fraction of sp³-hybridized carbons (Fsp3) is 0.154. The van der Waals surface area contributed by atoms with Crippen LogP contribution in [0.5, 0.6) is 0 Å². The van der Waals surface area contributed by atoms with E-state index >= 15 is 0 Å². The highest BCUT2D eigenvalue weighted by Crippen LogP contribution is 2.26. The molecule has 0 aliphatic carbocycles. The number of hydrogen-bond acceptors (Lipinski definition) is 2. The van der Waals surface area contributed by atoms with E-state index in [0.29, 0.717) is 17.7 Å². The Kier molecular flexibility index (Phi) is 5.11. The van der Waals surface area contributed by atoms with Crippen molar-refractivity contribution < 1.29 is 4.39 Å². The van der Waals surface area contributed by atoms with Gasteiger partial charge < -0.3 is 5.73 Å². The molecule has 1 heterocycles. The third-order valence-corrected chi connectivity index (χ3v) is 4.20. The fourth-order valence-electron chi connectivity index (χ4n) is 1.73. The van der Waals surface area contributed by atoms with Crippen LogP contribution in [-0.4, -0.2) is 4.98 Å². The van der Waals surface area contributed by atoms with Crippen LogP contribution in [0.4, 0.5) is 4.39 Å². The van der Waals surface area contributed by atoms with E-state index in [1.54, 1.807) is 18.3 Å². The number of pyridine rings is 1. The molecule has 19 heavy (non-hydrogen) atoms. The number of benzene rings is 1. The van der Waals surface area contributed by atoms with Crippen molar-refractivity contribution >= 4 is 47.8 Å². The normalized spacial score (nSPS) is 12.5. The summed E-state index contributed by atoms with van der Waals surface area (Å²) >= 11 is 10.1. The smallest absolute Gasteiger partial charge is 0.126 e. The van der Waals surface area contributed by atoms with E-state index in [-0.39, 0.29) is 11.9 Å². The van der Waals surface area contributed by atoms with E-state index < -0.39 is 0 Å². The van der Waals surface area contributed by atoms with Crippen molar-refractivity contribution in [1.29, 1.82) is 0 Å². The summed E-state index contributed by atoms with van der Waals surface area (Å²) in [5, 5.41) is 0. The van der Waals surface area contributed by atoms with Crippen LogP contribution in [0.1, 0.15) is 17.3 Å². The molecule has 1 atom stereocenters. The Morgan fingerprint density at radius 2 is 1.89 bits per heavy atom. The van der Waals surface area contributed by atoms with Gasteiger partial charge in [-0.25, -0.2) is 4.39 Å². The number of halogens is 4. The molecular weight excluding hydrogens is 443 g/mol. The SMILES string of the molecule is NC(Cc1cc(Br)ccc1F)c1ncc(Br)cc1Br. The van der Waals surface area contributed by atoms with Gasteiger partial charge >= 0.3 is 0 Å². The van der Waals surface area contributed by atoms with Crippen molar-refractivity contribution in [2.45, 2.75) is 12.5 Å². The van der Waals surface area contributed by atoms with Gasteiger partial charge in [0.25, 0.3) is 0 Å². The third-order valence-electron chi connectivity index (χ3n) is 2.64. The second kappa shape index (κ2) is 6.43. The zero-order chi connectivity index (χ0) is 14.0. The predicted molar refractivity (Wildman–Crippen MR) is 84.4 cm³/mol. The van der Waals surface area contributed by atoms with E-state index in [1.165, 1.54) is 6.07 Å². The molecule has 1 aromatic carbocycles. The number of rotatable bonds is 3. The molecule has 0 spiro atoms. The molecule has 0 aliphatic heterocycles. The molecule has 0 aliphatic rings. The molecule has 0 bridgehead atoms. The summed E-state index contributed by atoms with van der Waals surface area (Å²) < 4.78 is 16.2. The monoisotopic (exact) mass is 450 g/mol. The summed E-state index contributed by atoms with van der Waals surface area (Å²) in [6.07, 6.45) is 2.07. The van der Waals surface area contributed by atoms with Crippen molar-refractivity contribution in [3.05, 3.63) is 61.0 Å². The van der Waals surface area contributed by atoms with Gasteiger partial charge in [0.2, 0.25) is 0 Å². The van der Waals surface area contributed by atoms with E-state index in [1.807, 2.05) is 6.07 Å². The van der Waals surface area contributed by atoms with Crippen LogP contribution in [0.3, 0.4) is 0 Å². The van der Waals surface area contributed by atoms with Crippen LogP contribution in [0.15, 0.2) is 43.9 Å². The zero-order valence-corrected chi connectivity index (χ0v) is 14.5. The van der Waals surface area contributed by atoms with Gasteiger partial charge in [0.1, 0.15) is 5.82 Å². The first-order valence-electron chi connectivity index (χ1n) is 5.48. The average molecular weight is 453 g/mol. The van der Waals surface area contributed by atoms with Gasteiger partial charge in [-0.05, 0) is 68.1 Å². The molecule has 0 saturated carbocycles. The lowest BCUT2D eigenvalue weighted by Gasteiger charge is -2.14. The fourth-order valence-corrected chi connectivity index (χ4v) is 3.42. The number of aromatic nitrogens is 1. The third kappa shape index (κ3) is 3.84. The molecule has 2 nitrogen and oxygen atoms in total. The van der Waals surface area contributed by atoms with E-state index in [2.05, 4.69) is 52.8 Å². The summed E-state index contributed by atoms with van der Waals surface area (Å²) in [4.78, 5) is 4.27. The minimum Gasteiger partial charge on any atom is -0.322 e. The van der Waals surface area contributed by atoms with Crippen molar-refractivity contribution in [3.8, 4) is 0 Å². The van der Waals surface area contributed by atoms with Crippen molar-refractivity contribution in [1.82, 2.24) is 4.98 Å². The van der Waals surface area contributed by atoms with Gasteiger partial charge in [-0.2, -0.15) is 0 Å². The lowest BCUT2D eigenvalue weighted by Crippen LogP contribution is -2.16. The van der Waals surface area contributed by atoms with Crippen LogP contribution in [-0.2, 0) is 6.42 Å². The lowest BCUT2D eigenvalue weighted by atomic mass is 10.0. The number of nitrogens with zero attached hydrogens (tertiary/aromatic N) is 1. The van der Waals surface area contributed by atoms with E-state index in [9.17, 15) is 4.39 Å². The minimum absolute atomic E-state index is 0.258. The van der Waals surface area contributed by atoms with Gasteiger partial charge in [-0.1, -0.05) is 15.9 Å².